The van der Waals surface area contributed by atoms with Gasteiger partial charge in [-0.15, -0.1) is 0 Å². The van der Waals surface area contributed by atoms with E-state index in [9.17, 15) is 0 Å². The topological polar surface area (TPSA) is 130 Å². The molecular formula is H3IO6-2. The summed E-state index contributed by atoms with van der Waals surface area (Å²) in [4.78, 5) is 0. The van der Waals surface area contributed by atoms with Crippen molar-refractivity contribution in [1.82, 2.24) is 0 Å². The third-order valence-corrected chi connectivity index (χ3v) is 0. The minimum atomic E-state index is -8.87. The molecule has 0 saturated heterocycles. The fraction of sp³-hybridized carbons (Fsp3) is 0. The summed E-state index contributed by atoms with van der Waals surface area (Å²) in [6.45, 7) is 0. The van der Waals surface area contributed by atoms with E-state index in [2.05, 4.69) is 0 Å². The second kappa shape index (κ2) is 0.815. The molecule has 0 bridgehead atoms. The summed E-state index contributed by atoms with van der Waals surface area (Å²) >= 11 is -8.87. The molecule has 7 heavy (non-hydrogen) atoms. The molecule has 0 atom stereocenters. The molecule has 6 nitrogen and oxygen atoms in total. The van der Waals surface area contributed by atoms with Crippen molar-refractivity contribution in [1.29, 1.82) is 0 Å². The summed E-state index contributed by atoms with van der Waals surface area (Å²) in [6.07, 6.45) is 0. The van der Waals surface area contributed by atoms with Crippen LogP contribution in [0.15, 0.2) is 0 Å². The Kier molecular flexibility index (Phi) is 0.872. The van der Waals surface area contributed by atoms with Crippen molar-refractivity contribution in [3.8, 4) is 0 Å². The van der Waals surface area contributed by atoms with Crippen LogP contribution in [0.5, 0.6) is 0 Å². The molecule has 0 heterocycles. The molecule has 0 aliphatic heterocycles. The number of hydrogen-bond donors (Lipinski definition) is 3. The monoisotopic (exact) mass is 226 g/mol. The van der Waals surface area contributed by atoms with E-state index in [0.29, 0.717) is 0 Å². The van der Waals surface area contributed by atoms with Crippen LogP contribution in [0.1, 0.15) is 0 Å². The second-order valence-electron chi connectivity index (χ2n) is 1.04. The van der Waals surface area contributed by atoms with Crippen LogP contribution in [-0.4, -0.2) is 10.3 Å². The van der Waals surface area contributed by atoms with Crippen LogP contribution in [0.3, 0.4) is 0 Å². The van der Waals surface area contributed by atoms with Gasteiger partial charge in [-0.1, -0.05) is 0 Å². The molecular weight excluding hydrogens is 223 g/mol. The van der Waals surface area contributed by atoms with E-state index in [0.717, 1.165) is 0 Å². The van der Waals surface area contributed by atoms with Gasteiger partial charge in [0.25, 0.3) is 0 Å². The van der Waals surface area contributed by atoms with E-state index < -0.39 is 18.2 Å². The zero-order chi connectivity index (χ0) is 6.41. The van der Waals surface area contributed by atoms with Gasteiger partial charge >= 0.3 is 38.8 Å². The molecule has 0 rings (SSSR count). The third-order valence-electron chi connectivity index (χ3n) is 0. The molecule has 0 spiro atoms. The molecule has 0 aliphatic rings. The van der Waals surface area contributed by atoms with Crippen LogP contribution >= 0.6 is 0 Å². The van der Waals surface area contributed by atoms with Gasteiger partial charge in [-0.3, -0.25) is 0 Å². The zero-order valence-corrected chi connectivity index (χ0v) is 5.10. The molecule has 0 radical (unpaired) electrons. The fourth-order valence-electron chi connectivity index (χ4n) is 0. The molecule has 0 aromatic carbocycles. The van der Waals surface area contributed by atoms with Crippen molar-refractivity contribution in [2.24, 2.45) is 0 Å². The van der Waals surface area contributed by atoms with Gasteiger partial charge < -0.3 is 0 Å². The van der Waals surface area contributed by atoms with Crippen LogP contribution in [0.4, 0.5) is 0 Å². The van der Waals surface area contributed by atoms with Crippen molar-refractivity contribution in [2.75, 3.05) is 0 Å². The molecule has 3 N–H and O–H groups in total. The van der Waals surface area contributed by atoms with Crippen molar-refractivity contribution in [3.63, 3.8) is 0 Å². The van der Waals surface area contributed by atoms with Crippen molar-refractivity contribution in [3.05, 3.63) is 0 Å². The standard InChI is InChI=1S/H3IO6/c2-1(3,4,5,6)7/h2-4H/q-2. The molecule has 0 saturated carbocycles. The van der Waals surface area contributed by atoms with Gasteiger partial charge in [0, 0.05) is 0 Å². The summed E-state index contributed by atoms with van der Waals surface area (Å²) in [5, 5.41) is 0. The van der Waals surface area contributed by atoms with Crippen molar-refractivity contribution >= 4 is 0 Å². The number of halogens is 1. The average molecular weight is 226 g/mol. The van der Waals surface area contributed by atoms with Crippen LogP contribution in [0.25, 0.3) is 0 Å². The predicted octanol–water partition coefficient (Wildman–Crippen LogP) is -8.23. The van der Waals surface area contributed by atoms with Crippen LogP contribution < -0.4 is 28.5 Å². The summed E-state index contributed by atoms with van der Waals surface area (Å²) < 4.78 is 48.2. The normalized spacial score (nSPS) is 23.1. The first-order chi connectivity index (χ1) is 2.45. The summed E-state index contributed by atoms with van der Waals surface area (Å²) in [6, 6.07) is 0. The average Bonchev–Trinajstić information content (AvgIpc) is 0.592. The molecule has 0 aliphatic carbocycles. The van der Waals surface area contributed by atoms with E-state index in [1.54, 1.807) is 0 Å². The molecule has 0 unspecified atom stereocenters. The van der Waals surface area contributed by atoms with Crippen molar-refractivity contribution < 1.29 is 38.8 Å². The van der Waals surface area contributed by atoms with E-state index in [1.807, 2.05) is 0 Å². The quantitative estimate of drug-likeness (QED) is 0.351. The van der Waals surface area contributed by atoms with Crippen molar-refractivity contribution in [2.45, 2.75) is 0 Å². The van der Waals surface area contributed by atoms with Gasteiger partial charge in [0.05, 0.1) is 0 Å². The third kappa shape index (κ3) is 545. The Morgan fingerprint density at radius 3 is 0.857 bits per heavy atom. The summed E-state index contributed by atoms with van der Waals surface area (Å²) in [5.41, 5.74) is 0. The van der Waals surface area contributed by atoms with E-state index in [1.165, 1.54) is 0 Å². The molecule has 48 valence electrons. The Morgan fingerprint density at radius 1 is 0.857 bits per heavy atom. The molecule has 0 amide bonds. The first-order valence-electron chi connectivity index (χ1n) is 0.970. The minimum absolute atomic E-state index is 7.08. The van der Waals surface area contributed by atoms with Gasteiger partial charge in [0.1, 0.15) is 0 Å². The second-order valence-corrected chi connectivity index (χ2v) is 6.96. The predicted molar refractivity (Wildman–Crippen MR) is 6.66 cm³/mol. The molecule has 0 aromatic heterocycles. The van der Waals surface area contributed by atoms with Gasteiger partial charge in [0.2, 0.25) is 0 Å². The maximum atomic E-state index is 9.00. The van der Waals surface area contributed by atoms with Crippen LogP contribution in [0, 0.1) is 0 Å². The van der Waals surface area contributed by atoms with Gasteiger partial charge in [-0.05, 0) is 0 Å². The van der Waals surface area contributed by atoms with Gasteiger partial charge in [0.15, 0.2) is 0 Å². The first kappa shape index (κ1) is 7.49. The van der Waals surface area contributed by atoms with Crippen LogP contribution in [-0.2, 0) is 0 Å². The molecule has 0 aromatic rings. The fourth-order valence-corrected chi connectivity index (χ4v) is 0. The number of hydrogen-bond acceptors (Lipinski definition) is 6. The van der Waals surface area contributed by atoms with E-state index >= 15 is 0 Å². The SMILES string of the molecule is [O-][I+]([O-])([O-])(O)(O)O. The number of rotatable bonds is 0. The van der Waals surface area contributed by atoms with Gasteiger partial charge in [-0.25, -0.2) is 0 Å². The summed E-state index contributed by atoms with van der Waals surface area (Å²) in [5.74, 6) is 0. The first-order valence-corrected chi connectivity index (χ1v) is 6.51. The van der Waals surface area contributed by atoms with Crippen LogP contribution in [0.2, 0.25) is 0 Å². The Bertz CT molecular complexity index is 62.7. The zero-order valence-electron chi connectivity index (χ0n) is 2.94. The maximum absolute atomic E-state index is 9.00. The molecule has 7 heteroatoms. The van der Waals surface area contributed by atoms with E-state index in [-0.39, 0.29) is 0 Å². The summed E-state index contributed by atoms with van der Waals surface area (Å²) in [7, 11) is 0. The van der Waals surface area contributed by atoms with E-state index in [4.69, 9.17) is 20.6 Å². The Labute approximate surface area is 39.3 Å². The van der Waals surface area contributed by atoms with Gasteiger partial charge in [-0.2, -0.15) is 0 Å². The molecule has 0 fully saturated rings. The Balaban J connectivity index is 4.43. The Morgan fingerprint density at radius 2 is 0.857 bits per heavy atom. The Hall–Kier alpha value is 0.490.